The second-order valence-corrected chi connectivity index (χ2v) is 5.43. The molecule has 0 radical (unpaired) electrons. The third kappa shape index (κ3) is 3.20. The molecule has 0 spiro atoms. The molecule has 1 saturated heterocycles. The van der Waals surface area contributed by atoms with E-state index in [1.165, 1.54) is 0 Å². The van der Waals surface area contributed by atoms with Gasteiger partial charge in [0.05, 0.1) is 11.5 Å². The molecule has 0 aromatic carbocycles. The number of piperidine rings is 1. The Morgan fingerprint density at radius 1 is 1.35 bits per heavy atom. The highest BCUT2D eigenvalue weighted by molar-refractivity contribution is 7.80. The first-order chi connectivity index (χ1) is 9.29. The Morgan fingerprint density at radius 2 is 1.95 bits per heavy atom. The van der Waals surface area contributed by atoms with E-state index in [1.807, 2.05) is 11.8 Å². The number of nitrogens with two attached hydrogens (primary N) is 1. The molecule has 0 unspecified atom stereocenters. The normalized spacial score (nSPS) is 17.3. The van der Waals surface area contributed by atoms with Gasteiger partial charge in [0.25, 0.3) is 0 Å². The van der Waals surface area contributed by atoms with Gasteiger partial charge < -0.3 is 10.6 Å². The fourth-order valence-corrected chi connectivity index (χ4v) is 2.55. The highest BCUT2D eigenvalue weighted by Gasteiger charge is 2.41. The van der Waals surface area contributed by atoms with Gasteiger partial charge in [-0.05, 0) is 31.9 Å². The average molecular weight is 303 g/mol. The zero-order chi connectivity index (χ0) is 14.9. The van der Waals surface area contributed by atoms with Gasteiger partial charge in [0.2, 0.25) is 0 Å². The zero-order valence-corrected chi connectivity index (χ0v) is 11.9. The molecule has 20 heavy (non-hydrogen) atoms. The minimum absolute atomic E-state index is 0.0793. The summed E-state index contributed by atoms with van der Waals surface area (Å²) in [5, 5.41) is 0. The quantitative estimate of drug-likeness (QED) is 0.853. The number of thiocarbonyl (C=S) groups is 1. The van der Waals surface area contributed by atoms with Crippen LogP contribution in [0.15, 0.2) is 12.1 Å². The number of aryl methyl sites for hydroxylation is 1. The molecule has 0 atom stereocenters. The monoisotopic (exact) mass is 303 g/mol. The molecular weight excluding hydrogens is 287 g/mol. The Morgan fingerprint density at radius 3 is 2.45 bits per heavy atom. The van der Waals surface area contributed by atoms with Gasteiger partial charge in [0, 0.05) is 18.8 Å². The smallest absolute Gasteiger partial charge is 0.389 e. The van der Waals surface area contributed by atoms with Crippen LogP contribution in [-0.4, -0.2) is 29.2 Å². The minimum Gasteiger partial charge on any atom is -0.389 e. The Kier molecular flexibility index (Phi) is 4.17. The van der Waals surface area contributed by atoms with E-state index in [0.717, 1.165) is 5.69 Å². The Bertz CT molecular complexity index is 508. The lowest BCUT2D eigenvalue weighted by atomic mass is 9.96. The van der Waals surface area contributed by atoms with Crippen LogP contribution in [0, 0.1) is 12.8 Å². The molecule has 1 aliphatic rings. The maximum atomic E-state index is 12.7. The highest BCUT2D eigenvalue weighted by atomic mass is 32.1. The van der Waals surface area contributed by atoms with Crippen LogP contribution in [0.1, 0.15) is 24.1 Å². The second kappa shape index (κ2) is 5.55. The van der Waals surface area contributed by atoms with Crippen molar-refractivity contribution in [2.75, 3.05) is 18.0 Å². The number of hydrogen-bond donors (Lipinski definition) is 1. The SMILES string of the molecule is Cc1ccc(C(N)=S)c(N2CCC(C(F)(F)F)CC2)n1. The number of alkyl halides is 3. The van der Waals surface area contributed by atoms with E-state index in [0.29, 0.717) is 24.5 Å². The fraction of sp³-hybridized carbons (Fsp3) is 0.538. The van der Waals surface area contributed by atoms with E-state index in [4.69, 9.17) is 18.0 Å². The van der Waals surface area contributed by atoms with Gasteiger partial charge in [-0.1, -0.05) is 12.2 Å². The molecule has 2 heterocycles. The van der Waals surface area contributed by atoms with E-state index < -0.39 is 12.1 Å². The molecule has 1 fully saturated rings. The van der Waals surface area contributed by atoms with Crippen molar-refractivity contribution in [2.24, 2.45) is 11.7 Å². The van der Waals surface area contributed by atoms with Crippen LogP contribution < -0.4 is 10.6 Å². The van der Waals surface area contributed by atoms with Crippen molar-refractivity contribution < 1.29 is 13.2 Å². The van der Waals surface area contributed by atoms with Gasteiger partial charge in [-0.15, -0.1) is 0 Å². The standard InChI is InChI=1S/C13H16F3N3S/c1-8-2-3-10(11(17)20)12(18-8)19-6-4-9(5-7-19)13(14,15)16/h2-3,9H,4-7H2,1H3,(H2,17,20). The number of pyridine rings is 1. The summed E-state index contributed by atoms with van der Waals surface area (Å²) in [7, 11) is 0. The van der Waals surface area contributed by atoms with Gasteiger partial charge in [-0.25, -0.2) is 4.98 Å². The van der Waals surface area contributed by atoms with Crippen molar-refractivity contribution in [1.29, 1.82) is 0 Å². The van der Waals surface area contributed by atoms with Crippen molar-refractivity contribution in [1.82, 2.24) is 4.98 Å². The van der Waals surface area contributed by atoms with E-state index >= 15 is 0 Å². The number of nitrogens with zero attached hydrogens (tertiary/aromatic N) is 2. The number of rotatable bonds is 2. The third-order valence-corrected chi connectivity index (χ3v) is 3.76. The predicted molar refractivity (Wildman–Crippen MR) is 75.9 cm³/mol. The summed E-state index contributed by atoms with van der Waals surface area (Å²) in [4.78, 5) is 6.43. The second-order valence-electron chi connectivity index (χ2n) is 4.99. The van der Waals surface area contributed by atoms with E-state index in [1.54, 1.807) is 12.1 Å². The summed E-state index contributed by atoms with van der Waals surface area (Å²) >= 11 is 4.98. The Balaban J connectivity index is 2.18. The topological polar surface area (TPSA) is 42.1 Å². The molecule has 110 valence electrons. The predicted octanol–water partition coefficient (Wildman–Crippen LogP) is 2.80. The summed E-state index contributed by atoms with van der Waals surface area (Å²) in [6.07, 6.45) is -3.95. The van der Waals surface area contributed by atoms with Crippen molar-refractivity contribution in [3.05, 3.63) is 23.4 Å². The number of anilines is 1. The molecule has 0 saturated carbocycles. The minimum atomic E-state index is -4.11. The first-order valence-corrected chi connectivity index (χ1v) is 6.79. The molecule has 1 aromatic heterocycles. The first-order valence-electron chi connectivity index (χ1n) is 6.38. The summed E-state index contributed by atoms with van der Waals surface area (Å²) in [6.45, 7) is 2.46. The van der Waals surface area contributed by atoms with Crippen molar-refractivity contribution in [3.63, 3.8) is 0 Å². The molecular formula is C13H16F3N3S. The summed E-state index contributed by atoms with van der Waals surface area (Å²) < 4.78 is 38.0. The molecule has 0 bridgehead atoms. The van der Waals surface area contributed by atoms with Crippen LogP contribution in [0.3, 0.4) is 0 Å². The molecule has 1 aromatic rings. The van der Waals surface area contributed by atoms with Crippen LogP contribution >= 0.6 is 12.2 Å². The lowest BCUT2D eigenvalue weighted by molar-refractivity contribution is -0.179. The van der Waals surface area contributed by atoms with Crippen LogP contribution in [0.4, 0.5) is 19.0 Å². The lowest BCUT2D eigenvalue weighted by Gasteiger charge is -2.34. The fourth-order valence-electron chi connectivity index (χ4n) is 2.40. The van der Waals surface area contributed by atoms with Crippen molar-refractivity contribution >= 4 is 23.0 Å². The Labute approximate surface area is 121 Å². The van der Waals surface area contributed by atoms with Crippen molar-refractivity contribution in [3.8, 4) is 0 Å². The highest BCUT2D eigenvalue weighted by Crippen LogP contribution is 2.35. The molecule has 0 amide bonds. The molecule has 3 nitrogen and oxygen atoms in total. The van der Waals surface area contributed by atoms with Gasteiger partial charge in [-0.2, -0.15) is 13.2 Å². The maximum Gasteiger partial charge on any atom is 0.391 e. The first kappa shape index (κ1) is 15.0. The van der Waals surface area contributed by atoms with Crippen LogP contribution in [0.2, 0.25) is 0 Å². The largest absolute Gasteiger partial charge is 0.391 e. The summed E-state index contributed by atoms with van der Waals surface area (Å²) in [5.41, 5.74) is 7.06. The molecule has 1 aliphatic heterocycles. The molecule has 2 N–H and O–H groups in total. The van der Waals surface area contributed by atoms with Gasteiger partial charge >= 0.3 is 6.18 Å². The summed E-state index contributed by atoms with van der Waals surface area (Å²) in [6, 6.07) is 3.57. The number of halogens is 3. The van der Waals surface area contributed by atoms with E-state index in [9.17, 15) is 13.2 Å². The van der Waals surface area contributed by atoms with E-state index in [-0.39, 0.29) is 17.8 Å². The zero-order valence-electron chi connectivity index (χ0n) is 11.1. The lowest BCUT2D eigenvalue weighted by Crippen LogP contribution is -2.40. The summed E-state index contributed by atoms with van der Waals surface area (Å²) in [5.74, 6) is -0.630. The molecule has 7 heteroatoms. The van der Waals surface area contributed by atoms with Crippen molar-refractivity contribution in [2.45, 2.75) is 25.9 Å². The van der Waals surface area contributed by atoms with Crippen LogP contribution in [-0.2, 0) is 0 Å². The number of hydrogen-bond acceptors (Lipinski definition) is 3. The maximum absolute atomic E-state index is 12.7. The average Bonchev–Trinajstić information content (AvgIpc) is 2.37. The number of aromatic nitrogens is 1. The molecule has 0 aliphatic carbocycles. The van der Waals surface area contributed by atoms with Crippen LogP contribution in [0.25, 0.3) is 0 Å². The van der Waals surface area contributed by atoms with Gasteiger partial charge in [-0.3, -0.25) is 0 Å². The Hall–Kier alpha value is -1.37. The van der Waals surface area contributed by atoms with E-state index in [2.05, 4.69) is 4.98 Å². The third-order valence-electron chi connectivity index (χ3n) is 3.54. The van der Waals surface area contributed by atoms with Gasteiger partial charge in [0.1, 0.15) is 10.8 Å². The molecule has 2 rings (SSSR count). The van der Waals surface area contributed by atoms with Gasteiger partial charge in [0.15, 0.2) is 0 Å². The van der Waals surface area contributed by atoms with Crippen LogP contribution in [0.5, 0.6) is 0 Å².